The summed E-state index contributed by atoms with van der Waals surface area (Å²) in [5.41, 5.74) is 6.40. The number of amides is 2. The molecule has 122 valence electrons. The van der Waals surface area contributed by atoms with E-state index in [1.54, 1.807) is 0 Å². The number of aryl methyl sites for hydroxylation is 1. The van der Waals surface area contributed by atoms with Gasteiger partial charge in [-0.25, -0.2) is 0 Å². The summed E-state index contributed by atoms with van der Waals surface area (Å²) in [7, 11) is 0. The van der Waals surface area contributed by atoms with Crippen LogP contribution < -0.4 is 16.4 Å². The average Bonchev–Trinajstić information content (AvgIpc) is 3.19. The molecule has 1 heterocycles. The molecule has 1 aliphatic rings. The van der Waals surface area contributed by atoms with E-state index in [0.717, 1.165) is 18.4 Å². The lowest BCUT2D eigenvalue weighted by atomic mass is 9.96. The summed E-state index contributed by atoms with van der Waals surface area (Å²) in [6.45, 7) is 7.95. The van der Waals surface area contributed by atoms with E-state index in [2.05, 4.69) is 10.6 Å². The number of carbonyl (C=O) groups is 2. The summed E-state index contributed by atoms with van der Waals surface area (Å²) in [4.78, 5) is 24.9. The van der Waals surface area contributed by atoms with E-state index in [1.807, 2.05) is 33.8 Å². The fraction of sp³-hybridized carbons (Fsp3) is 0.625. The van der Waals surface area contributed by atoms with E-state index in [9.17, 15) is 9.59 Å². The molecule has 5 nitrogen and oxygen atoms in total. The van der Waals surface area contributed by atoms with Crippen LogP contribution in [-0.4, -0.2) is 24.4 Å². The van der Waals surface area contributed by atoms with Crippen LogP contribution in [0.3, 0.4) is 0 Å². The molecular formula is C16H25N3O2S. The Morgan fingerprint density at radius 3 is 2.59 bits per heavy atom. The van der Waals surface area contributed by atoms with E-state index in [-0.39, 0.29) is 17.9 Å². The van der Waals surface area contributed by atoms with Crippen LogP contribution in [0.15, 0.2) is 6.07 Å². The van der Waals surface area contributed by atoms with Crippen LogP contribution in [0.5, 0.6) is 0 Å². The van der Waals surface area contributed by atoms with Gasteiger partial charge in [0.05, 0.1) is 9.88 Å². The van der Waals surface area contributed by atoms with E-state index in [0.29, 0.717) is 22.3 Å². The molecule has 1 aromatic rings. The van der Waals surface area contributed by atoms with Crippen molar-refractivity contribution >= 4 is 28.2 Å². The molecule has 1 fully saturated rings. The lowest BCUT2D eigenvalue weighted by molar-refractivity contribution is -0.123. The fourth-order valence-corrected chi connectivity index (χ4v) is 3.03. The van der Waals surface area contributed by atoms with Gasteiger partial charge < -0.3 is 16.4 Å². The zero-order valence-corrected chi connectivity index (χ0v) is 14.5. The monoisotopic (exact) mass is 323 g/mol. The smallest absolute Gasteiger partial charge is 0.261 e. The van der Waals surface area contributed by atoms with Gasteiger partial charge in [0.1, 0.15) is 0 Å². The predicted molar refractivity (Wildman–Crippen MR) is 90.2 cm³/mol. The first kappa shape index (κ1) is 17.0. The molecule has 6 heteroatoms. The van der Waals surface area contributed by atoms with Crippen molar-refractivity contribution in [1.29, 1.82) is 0 Å². The highest BCUT2D eigenvalue weighted by Crippen LogP contribution is 2.31. The number of hydrogen-bond donors (Lipinski definition) is 3. The molecule has 0 radical (unpaired) electrons. The molecule has 4 N–H and O–H groups in total. The Balaban J connectivity index is 1.96. The number of carbonyl (C=O) groups excluding carboxylic acids is 2. The van der Waals surface area contributed by atoms with Gasteiger partial charge in [-0.1, -0.05) is 20.8 Å². The Bertz CT molecular complexity index is 570. The van der Waals surface area contributed by atoms with Crippen LogP contribution >= 0.6 is 11.3 Å². The van der Waals surface area contributed by atoms with Crippen molar-refractivity contribution in [3.05, 3.63) is 16.5 Å². The first-order valence-electron chi connectivity index (χ1n) is 7.64. The van der Waals surface area contributed by atoms with E-state index in [1.165, 1.54) is 11.3 Å². The van der Waals surface area contributed by atoms with Gasteiger partial charge in [-0.15, -0.1) is 11.3 Å². The van der Waals surface area contributed by atoms with Gasteiger partial charge in [0.25, 0.3) is 5.91 Å². The quantitative estimate of drug-likeness (QED) is 0.778. The number of hydrogen-bond acceptors (Lipinski definition) is 4. The summed E-state index contributed by atoms with van der Waals surface area (Å²) in [5, 5.41) is 6.46. The lowest BCUT2D eigenvalue weighted by Crippen LogP contribution is -2.38. The van der Waals surface area contributed by atoms with Crippen molar-refractivity contribution < 1.29 is 9.59 Å². The van der Waals surface area contributed by atoms with Crippen molar-refractivity contribution in [3.63, 3.8) is 0 Å². The van der Waals surface area contributed by atoms with Gasteiger partial charge in [0.15, 0.2) is 0 Å². The van der Waals surface area contributed by atoms with Crippen molar-refractivity contribution in [3.8, 4) is 0 Å². The summed E-state index contributed by atoms with van der Waals surface area (Å²) in [6.07, 6.45) is 2.33. The maximum Gasteiger partial charge on any atom is 0.261 e. The zero-order valence-electron chi connectivity index (χ0n) is 13.7. The Labute approximate surface area is 135 Å². The van der Waals surface area contributed by atoms with E-state index >= 15 is 0 Å². The second-order valence-electron chi connectivity index (χ2n) is 7.04. The van der Waals surface area contributed by atoms with E-state index < -0.39 is 5.41 Å². The van der Waals surface area contributed by atoms with Crippen LogP contribution in [0.4, 0.5) is 5.00 Å². The fourth-order valence-electron chi connectivity index (χ4n) is 2.05. The number of nitrogens with two attached hydrogens (primary N) is 1. The minimum Gasteiger partial charge on any atom is -0.350 e. The molecule has 0 aromatic carbocycles. The SMILES string of the molecule is Cc1cc(NC(=O)C(C)(C)C)sc1C(=O)NCC(N)C1CC1. The highest BCUT2D eigenvalue weighted by molar-refractivity contribution is 7.18. The Morgan fingerprint density at radius 2 is 2.05 bits per heavy atom. The van der Waals surface area contributed by atoms with Gasteiger partial charge in [-0.3, -0.25) is 9.59 Å². The van der Waals surface area contributed by atoms with Crippen LogP contribution in [0.25, 0.3) is 0 Å². The second-order valence-corrected chi connectivity index (χ2v) is 8.09. The largest absolute Gasteiger partial charge is 0.350 e. The summed E-state index contributed by atoms with van der Waals surface area (Å²) in [5.74, 6) is 0.387. The van der Waals surface area contributed by atoms with Crippen molar-refractivity contribution in [2.45, 2.75) is 46.6 Å². The highest BCUT2D eigenvalue weighted by atomic mass is 32.1. The third-order valence-corrected chi connectivity index (χ3v) is 4.92. The minimum atomic E-state index is -0.461. The molecule has 1 saturated carbocycles. The van der Waals surface area contributed by atoms with Gasteiger partial charge in [-0.05, 0) is 37.3 Å². The first-order valence-corrected chi connectivity index (χ1v) is 8.46. The molecule has 1 atom stereocenters. The molecule has 22 heavy (non-hydrogen) atoms. The molecule has 1 aliphatic carbocycles. The molecule has 1 unspecified atom stereocenters. The van der Waals surface area contributed by atoms with Gasteiger partial charge in [0, 0.05) is 18.0 Å². The summed E-state index contributed by atoms with van der Waals surface area (Å²) in [6, 6.07) is 1.88. The molecular weight excluding hydrogens is 298 g/mol. The van der Waals surface area contributed by atoms with Crippen molar-refractivity contribution in [1.82, 2.24) is 5.32 Å². The minimum absolute atomic E-state index is 0.0456. The average molecular weight is 323 g/mol. The number of anilines is 1. The van der Waals surface area contributed by atoms with Crippen molar-refractivity contribution in [2.75, 3.05) is 11.9 Å². The summed E-state index contributed by atoms with van der Waals surface area (Å²) >= 11 is 1.30. The van der Waals surface area contributed by atoms with Gasteiger partial charge in [0.2, 0.25) is 5.91 Å². The topological polar surface area (TPSA) is 84.2 Å². The van der Waals surface area contributed by atoms with Crippen LogP contribution in [0.2, 0.25) is 0 Å². The third-order valence-electron chi connectivity index (χ3n) is 3.77. The van der Waals surface area contributed by atoms with Crippen molar-refractivity contribution in [2.24, 2.45) is 17.1 Å². The van der Waals surface area contributed by atoms with E-state index in [4.69, 9.17) is 5.73 Å². The zero-order chi connectivity index (χ0) is 16.5. The Morgan fingerprint density at radius 1 is 1.41 bits per heavy atom. The maximum atomic E-state index is 12.2. The molecule has 1 aromatic heterocycles. The molecule has 0 spiro atoms. The molecule has 0 bridgehead atoms. The van der Waals surface area contributed by atoms with Crippen LogP contribution in [-0.2, 0) is 4.79 Å². The molecule has 0 aliphatic heterocycles. The highest BCUT2D eigenvalue weighted by Gasteiger charge is 2.29. The standard InChI is InChI=1S/C16H25N3O2S/c1-9-7-12(19-15(21)16(2,3)4)22-13(9)14(20)18-8-11(17)10-5-6-10/h7,10-11H,5-6,8,17H2,1-4H3,(H,18,20)(H,19,21). The number of thiophene rings is 1. The first-order chi connectivity index (χ1) is 10.2. The second kappa shape index (κ2) is 6.38. The number of nitrogens with one attached hydrogen (secondary N) is 2. The molecule has 2 rings (SSSR count). The normalized spacial score (nSPS) is 16.2. The summed E-state index contributed by atoms with van der Waals surface area (Å²) < 4.78 is 0. The predicted octanol–water partition coefficient (Wildman–Crippen LogP) is 2.51. The Hall–Kier alpha value is -1.40. The third kappa shape index (κ3) is 4.30. The van der Waals surface area contributed by atoms with Gasteiger partial charge in [-0.2, -0.15) is 0 Å². The van der Waals surface area contributed by atoms with Crippen LogP contribution in [0.1, 0.15) is 48.8 Å². The Kier molecular flexibility index (Phi) is 4.92. The van der Waals surface area contributed by atoms with Gasteiger partial charge >= 0.3 is 0 Å². The lowest BCUT2D eigenvalue weighted by Gasteiger charge is -2.16. The number of rotatable bonds is 5. The van der Waals surface area contributed by atoms with Crippen LogP contribution in [0, 0.1) is 18.3 Å². The molecule has 0 saturated heterocycles. The maximum absolute atomic E-state index is 12.2. The molecule has 2 amide bonds.